The van der Waals surface area contributed by atoms with Gasteiger partial charge in [-0.1, -0.05) is 29.8 Å². The van der Waals surface area contributed by atoms with E-state index in [1.807, 2.05) is 24.5 Å². The van der Waals surface area contributed by atoms with Gasteiger partial charge in [-0.05, 0) is 24.6 Å². The second-order valence-electron chi connectivity index (χ2n) is 6.14. The summed E-state index contributed by atoms with van der Waals surface area (Å²) < 4.78 is 0. The van der Waals surface area contributed by atoms with Crippen molar-refractivity contribution in [2.24, 2.45) is 0 Å². The van der Waals surface area contributed by atoms with Gasteiger partial charge in [0.1, 0.15) is 0 Å². The first-order valence-corrected chi connectivity index (χ1v) is 8.34. The summed E-state index contributed by atoms with van der Waals surface area (Å²) in [7, 11) is 0. The van der Waals surface area contributed by atoms with Crippen molar-refractivity contribution in [3.8, 4) is 22.4 Å². The number of pyridine rings is 1. The molecule has 5 nitrogen and oxygen atoms in total. The fourth-order valence-corrected chi connectivity index (χ4v) is 3.16. The van der Waals surface area contributed by atoms with E-state index < -0.39 is 0 Å². The number of H-pyrrole nitrogens is 1. The maximum atomic E-state index is 4.67. The van der Waals surface area contributed by atoms with Gasteiger partial charge in [0, 0.05) is 44.1 Å². The number of hydrogen-bond acceptors (Lipinski definition) is 4. The highest BCUT2D eigenvalue weighted by atomic mass is 15.3. The number of nitrogens with zero attached hydrogens (tertiary/aromatic N) is 3. The molecule has 1 fully saturated rings. The number of aryl methyl sites for hydroxylation is 1. The van der Waals surface area contributed by atoms with E-state index in [4.69, 9.17) is 0 Å². The van der Waals surface area contributed by atoms with Gasteiger partial charge in [-0.3, -0.25) is 10.1 Å². The number of aromatic amines is 1. The molecular weight excluding hydrogens is 298 g/mol. The lowest BCUT2D eigenvalue weighted by molar-refractivity contribution is 0.585. The van der Waals surface area contributed by atoms with Gasteiger partial charge in [0.15, 0.2) is 5.82 Å². The van der Waals surface area contributed by atoms with E-state index in [-0.39, 0.29) is 0 Å². The Bertz CT molecular complexity index is 802. The first kappa shape index (κ1) is 14.9. The average Bonchev–Trinajstić information content (AvgIpc) is 3.09. The van der Waals surface area contributed by atoms with Crippen LogP contribution in [0.1, 0.15) is 5.56 Å². The number of benzene rings is 1. The minimum atomic E-state index is 0.969. The van der Waals surface area contributed by atoms with Gasteiger partial charge in [-0.15, -0.1) is 0 Å². The van der Waals surface area contributed by atoms with E-state index in [0.29, 0.717) is 0 Å². The Morgan fingerprint density at radius 3 is 2.33 bits per heavy atom. The molecule has 0 saturated carbocycles. The van der Waals surface area contributed by atoms with Gasteiger partial charge in [-0.25, -0.2) is 0 Å². The third-order valence-electron chi connectivity index (χ3n) is 4.47. The molecule has 0 spiro atoms. The molecule has 5 heteroatoms. The fraction of sp³-hybridized carbons (Fsp3) is 0.263. The van der Waals surface area contributed by atoms with E-state index in [1.54, 1.807) is 0 Å². The van der Waals surface area contributed by atoms with E-state index in [2.05, 4.69) is 56.6 Å². The van der Waals surface area contributed by atoms with Crippen LogP contribution < -0.4 is 10.2 Å². The Hall–Kier alpha value is -2.66. The predicted molar refractivity (Wildman–Crippen MR) is 97.1 cm³/mol. The number of anilines is 1. The molecule has 1 aliphatic rings. The second-order valence-corrected chi connectivity index (χ2v) is 6.14. The minimum Gasteiger partial charge on any atom is -0.352 e. The van der Waals surface area contributed by atoms with Crippen molar-refractivity contribution in [2.75, 3.05) is 31.1 Å². The molecule has 0 atom stereocenters. The van der Waals surface area contributed by atoms with Gasteiger partial charge < -0.3 is 10.2 Å². The molecule has 24 heavy (non-hydrogen) atoms. The van der Waals surface area contributed by atoms with Crippen molar-refractivity contribution in [2.45, 2.75) is 6.92 Å². The molecule has 3 aromatic rings. The Labute approximate surface area is 141 Å². The highest BCUT2D eigenvalue weighted by Gasteiger charge is 2.22. The highest BCUT2D eigenvalue weighted by Crippen LogP contribution is 2.37. The summed E-state index contributed by atoms with van der Waals surface area (Å²) in [4.78, 5) is 6.50. The monoisotopic (exact) mass is 319 g/mol. The van der Waals surface area contributed by atoms with Crippen LogP contribution in [0.2, 0.25) is 0 Å². The first-order chi connectivity index (χ1) is 11.8. The molecule has 2 N–H and O–H groups in total. The topological polar surface area (TPSA) is 56.8 Å². The summed E-state index contributed by atoms with van der Waals surface area (Å²) in [5, 5.41) is 11.3. The maximum absolute atomic E-state index is 4.67. The molecule has 1 saturated heterocycles. The molecule has 0 unspecified atom stereocenters. The van der Waals surface area contributed by atoms with Crippen LogP contribution in [0.15, 0.2) is 48.8 Å². The van der Waals surface area contributed by atoms with Gasteiger partial charge >= 0.3 is 0 Å². The predicted octanol–water partition coefficient (Wildman–Crippen LogP) is 2.86. The molecule has 122 valence electrons. The van der Waals surface area contributed by atoms with E-state index >= 15 is 0 Å². The minimum absolute atomic E-state index is 0.969. The zero-order valence-corrected chi connectivity index (χ0v) is 13.8. The molecule has 1 aromatic carbocycles. The number of aromatic nitrogens is 3. The van der Waals surface area contributed by atoms with Crippen LogP contribution in [0.5, 0.6) is 0 Å². The van der Waals surface area contributed by atoms with E-state index in [1.165, 1.54) is 5.56 Å². The summed E-state index contributed by atoms with van der Waals surface area (Å²) in [5.74, 6) is 1.03. The average molecular weight is 319 g/mol. The second kappa shape index (κ2) is 6.45. The van der Waals surface area contributed by atoms with Crippen LogP contribution in [-0.4, -0.2) is 41.4 Å². The Morgan fingerprint density at radius 1 is 0.917 bits per heavy atom. The van der Waals surface area contributed by atoms with Crippen molar-refractivity contribution < 1.29 is 0 Å². The van der Waals surface area contributed by atoms with Crippen LogP contribution >= 0.6 is 0 Å². The maximum Gasteiger partial charge on any atom is 0.159 e. The van der Waals surface area contributed by atoms with Crippen LogP contribution in [0, 0.1) is 6.92 Å². The van der Waals surface area contributed by atoms with Gasteiger partial charge in [-0.2, -0.15) is 5.10 Å². The molecular formula is C19H21N5. The lowest BCUT2D eigenvalue weighted by Gasteiger charge is -2.28. The highest BCUT2D eigenvalue weighted by molar-refractivity contribution is 5.89. The summed E-state index contributed by atoms with van der Waals surface area (Å²) >= 11 is 0. The molecule has 0 amide bonds. The molecule has 4 rings (SSSR count). The van der Waals surface area contributed by atoms with E-state index in [0.717, 1.165) is 54.4 Å². The SMILES string of the molecule is Cc1ccc(-c2[nH]nc(N3CCNCC3)c2-c2ccncc2)cc1. The summed E-state index contributed by atoms with van der Waals surface area (Å²) in [5.41, 5.74) is 5.77. The normalized spacial score (nSPS) is 14.8. The van der Waals surface area contributed by atoms with Crippen LogP contribution in [0.3, 0.4) is 0 Å². The van der Waals surface area contributed by atoms with Crippen molar-refractivity contribution in [1.82, 2.24) is 20.5 Å². The van der Waals surface area contributed by atoms with Gasteiger partial charge in [0.2, 0.25) is 0 Å². The summed E-state index contributed by atoms with van der Waals surface area (Å²) in [6, 6.07) is 12.7. The Morgan fingerprint density at radius 2 is 1.62 bits per heavy atom. The third kappa shape index (κ3) is 2.78. The first-order valence-electron chi connectivity index (χ1n) is 8.34. The van der Waals surface area contributed by atoms with Crippen molar-refractivity contribution >= 4 is 5.82 Å². The summed E-state index contributed by atoms with van der Waals surface area (Å²) in [6.45, 7) is 6.02. The van der Waals surface area contributed by atoms with Crippen LogP contribution in [0.25, 0.3) is 22.4 Å². The lowest BCUT2D eigenvalue weighted by Crippen LogP contribution is -2.43. The standard InChI is InChI=1S/C19H21N5/c1-14-2-4-16(5-3-14)18-17(15-6-8-20-9-7-15)19(23-22-18)24-12-10-21-11-13-24/h2-9,21H,10-13H2,1H3,(H,22,23). The number of nitrogens with one attached hydrogen (secondary N) is 2. The third-order valence-corrected chi connectivity index (χ3v) is 4.47. The number of piperazine rings is 1. The zero-order valence-electron chi connectivity index (χ0n) is 13.8. The molecule has 0 bridgehead atoms. The van der Waals surface area contributed by atoms with Gasteiger partial charge in [0.25, 0.3) is 0 Å². The molecule has 1 aliphatic heterocycles. The van der Waals surface area contributed by atoms with Crippen LogP contribution in [-0.2, 0) is 0 Å². The number of hydrogen-bond donors (Lipinski definition) is 2. The Kier molecular flexibility index (Phi) is 4.01. The zero-order chi connectivity index (χ0) is 16.4. The van der Waals surface area contributed by atoms with Crippen LogP contribution in [0.4, 0.5) is 5.82 Å². The molecule has 2 aromatic heterocycles. The summed E-state index contributed by atoms with van der Waals surface area (Å²) in [6.07, 6.45) is 3.67. The Balaban J connectivity index is 1.84. The van der Waals surface area contributed by atoms with Crippen molar-refractivity contribution in [3.63, 3.8) is 0 Å². The van der Waals surface area contributed by atoms with Crippen molar-refractivity contribution in [1.29, 1.82) is 0 Å². The molecule has 0 radical (unpaired) electrons. The quantitative estimate of drug-likeness (QED) is 0.779. The largest absolute Gasteiger partial charge is 0.352 e. The number of rotatable bonds is 3. The smallest absolute Gasteiger partial charge is 0.159 e. The van der Waals surface area contributed by atoms with E-state index in [9.17, 15) is 0 Å². The fourth-order valence-electron chi connectivity index (χ4n) is 3.16. The van der Waals surface area contributed by atoms with Crippen molar-refractivity contribution in [3.05, 3.63) is 54.4 Å². The lowest BCUT2D eigenvalue weighted by atomic mass is 10.0. The molecule has 3 heterocycles. The van der Waals surface area contributed by atoms with Gasteiger partial charge in [0.05, 0.1) is 11.3 Å². The molecule has 0 aliphatic carbocycles.